The van der Waals surface area contributed by atoms with Crippen LogP contribution in [0.15, 0.2) is 45.8 Å². The van der Waals surface area contributed by atoms with Crippen molar-refractivity contribution >= 4 is 37.5 Å². The number of amides is 1. The van der Waals surface area contributed by atoms with Gasteiger partial charge in [0, 0.05) is 23.1 Å². The molecule has 0 saturated heterocycles. The molecule has 5 nitrogen and oxygen atoms in total. The number of benzene rings is 2. The van der Waals surface area contributed by atoms with Crippen LogP contribution >= 0.6 is 15.9 Å². The summed E-state index contributed by atoms with van der Waals surface area (Å²) in [6.07, 6.45) is 0.0581. The van der Waals surface area contributed by atoms with E-state index in [9.17, 15) is 13.2 Å². The maximum Gasteiger partial charge on any atom is 0.240 e. The van der Waals surface area contributed by atoms with Crippen molar-refractivity contribution in [3.63, 3.8) is 0 Å². The molecule has 0 radical (unpaired) electrons. The van der Waals surface area contributed by atoms with Crippen LogP contribution in [0, 0.1) is 20.8 Å². The zero-order valence-corrected chi connectivity index (χ0v) is 16.8. The molecule has 0 aliphatic carbocycles. The average Bonchev–Trinajstić information content (AvgIpc) is 2.51. The predicted octanol–water partition coefficient (Wildman–Crippen LogP) is 3.68. The maximum absolute atomic E-state index is 12.2. The Bertz CT molecular complexity index is 855. The highest BCUT2D eigenvalue weighted by Gasteiger charge is 2.14. The second-order valence-electron chi connectivity index (χ2n) is 5.92. The van der Waals surface area contributed by atoms with Crippen molar-refractivity contribution < 1.29 is 13.2 Å². The third kappa shape index (κ3) is 5.39. The minimum absolute atomic E-state index is 0.0359. The smallest absolute Gasteiger partial charge is 0.240 e. The van der Waals surface area contributed by atoms with Crippen LogP contribution in [0.3, 0.4) is 0 Å². The Balaban J connectivity index is 1.93. The lowest BCUT2D eigenvalue weighted by Gasteiger charge is -2.13. The van der Waals surface area contributed by atoms with E-state index >= 15 is 0 Å². The molecular weight excluding hydrogens is 404 g/mol. The van der Waals surface area contributed by atoms with Crippen LogP contribution in [0.5, 0.6) is 0 Å². The number of anilines is 1. The molecule has 7 heteroatoms. The van der Waals surface area contributed by atoms with Crippen molar-refractivity contribution in [3.8, 4) is 0 Å². The summed E-state index contributed by atoms with van der Waals surface area (Å²) in [5.41, 5.74) is 3.89. The number of hydrogen-bond donors (Lipinski definition) is 2. The molecule has 0 unspecified atom stereocenters. The minimum Gasteiger partial charge on any atom is -0.326 e. The maximum atomic E-state index is 12.2. The van der Waals surface area contributed by atoms with Gasteiger partial charge < -0.3 is 5.32 Å². The Labute approximate surface area is 157 Å². The third-order valence-electron chi connectivity index (χ3n) is 3.71. The highest BCUT2D eigenvalue weighted by Crippen LogP contribution is 2.22. The summed E-state index contributed by atoms with van der Waals surface area (Å²) in [7, 11) is -3.62. The molecule has 0 heterocycles. The molecule has 0 aliphatic rings. The van der Waals surface area contributed by atoms with Crippen LogP contribution in [0.25, 0.3) is 0 Å². The number of sulfonamides is 1. The van der Waals surface area contributed by atoms with Gasteiger partial charge in [0.1, 0.15) is 0 Å². The van der Waals surface area contributed by atoms with Crippen molar-refractivity contribution in [2.75, 3.05) is 11.9 Å². The summed E-state index contributed by atoms with van der Waals surface area (Å²) in [6, 6.07) is 10.3. The topological polar surface area (TPSA) is 75.3 Å². The van der Waals surface area contributed by atoms with E-state index in [0.29, 0.717) is 0 Å². The lowest BCUT2D eigenvalue weighted by atomic mass is 10.1. The first-order valence-corrected chi connectivity index (χ1v) is 10.1. The van der Waals surface area contributed by atoms with E-state index in [1.54, 1.807) is 12.1 Å². The van der Waals surface area contributed by atoms with Gasteiger partial charge in [0.05, 0.1) is 4.90 Å². The van der Waals surface area contributed by atoms with Gasteiger partial charge in [-0.3, -0.25) is 4.79 Å². The van der Waals surface area contributed by atoms with Crippen molar-refractivity contribution in [2.45, 2.75) is 32.1 Å². The number of carbonyl (C=O) groups excluding carboxylic acids is 1. The number of hydrogen-bond acceptors (Lipinski definition) is 3. The van der Waals surface area contributed by atoms with E-state index in [-0.39, 0.29) is 23.8 Å². The highest BCUT2D eigenvalue weighted by atomic mass is 79.9. The van der Waals surface area contributed by atoms with Crippen LogP contribution in [0.4, 0.5) is 5.69 Å². The molecule has 2 rings (SSSR count). The van der Waals surface area contributed by atoms with E-state index in [1.165, 1.54) is 12.1 Å². The van der Waals surface area contributed by atoms with Gasteiger partial charge >= 0.3 is 0 Å². The molecular formula is C18H21BrN2O3S. The Morgan fingerprint density at radius 2 is 1.60 bits per heavy atom. The SMILES string of the molecule is Cc1cc(C)c(NC(=O)CCNS(=O)(=O)c2ccc(Br)cc2)c(C)c1. The fourth-order valence-corrected chi connectivity index (χ4v) is 3.87. The number of aryl methyl sites for hydroxylation is 3. The number of halogens is 1. The van der Waals surface area contributed by atoms with Gasteiger partial charge in [-0.05, 0) is 56.2 Å². The normalized spacial score (nSPS) is 11.4. The van der Waals surface area contributed by atoms with Crippen LogP contribution in [-0.2, 0) is 14.8 Å². The van der Waals surface area contributed by atoms with Gasteiger partial charge in [0.2, 0.25) is 15.9 Å². The number of carbonyl (C=O) groups is 1. The summed E-state index contributed by atoms with van der Waals surface area (Å²) < 4.78 is 27.6. The first-order chi connectivity index (χ1) is 11.7. The van der Waals surface area contributed by atoms with Gasteiger partial charge in [-0.15, -0.1) is 0 Å². The van der Waals surface area contributed by atoms with Crippen molar-refractivity contribution in [2.24, 2.45) is 0 Å². The number of rotatable bonds is 6. The van der Waals surface area contributed by atoms with Crippen molar-refractivity contribution in [1.29, 1.82) is 0 Å². The predicted molar refractivity (Wildman–Crippen MR) is 103 cm³/mol. The fourth-order valence-electron chi connectivity index (χ4n) is 2.58. The fraction of sp³-hybridized carbons (Fsp3) is 0.278. The van der Waals surface area contributed by atoms with Crippen LogP contribution in [0.2, 0.25) is 0 Å². The molecule has 0 aromatic heterocycles. The van der Waals surface area contributed by atoms with Crippen LogP contribution in [-0.4, -0.2) is 20.9 Å². The second-order valence-corrected chi connectivity index (χ2v) is 8.61. The van der Waals surface area contributed by atoms with Gasteiger partial charge in [0.25, 0.3) is 0 Å². The molecule has 134 valence electrons. The molecule has 0 aliphatic heterocycles. The first-order valence-electron chi connectivity index (χ1n) is 7.82. The Kier molecular flexibility index (Phi) is 6.37. The monoisotopic (exact) mass is 424 g/mol. The zero-order chi connectivity index (χ0) is 18.6. The van der Waals surface area contributed by atoms with E-state index in [4.69, 9.17) is 0 Å². The van der Waals surface area contributed by atoms with Crippen LogP contribution < -0.4 is 10.0 Å². The highest BCUT2D eigenvalue weighted by molar-refractivity contribution is 9.10. The third-order valence-corrected chi connectivity index (χ3v) is 5.72. The molecule has 2 N–H and O–H groups in total. The van der Waals surface area contributed by atoms with E-state index in [2.05, 4.69) is 26.0 Å². The van der Waals surface area contributed by atoms with E-state index in [1.807, 2.05) is 32.9 Å². The molecule has 0 bridgehead atoms. The van der Waals surface area contributed by atoms with Gasteiger partial charge in [-0.2, -0.15) is 0 Å². The summed E-state index contributed by atoms with van der Waals surface area (Å²) in [5.74, 6) is -0.228. The summed E-state index contributed by atoms with van der Waals surface area (Å²) in [5, 5.41) is 2.86. The molecule has 1 amide bonds. The lowest BCUT2D eigenvalue weighted by Crippen LogP contribution is -2.28. The largest absolute Gasteiger partial charge is 0.326 e. The summed E-state index contributed by atoms with van der Waals surface area (Å²) >= 11 is 3.26. The van der Waals surface area contributed by atoms with Crippen molar-refractivity contribution in [1.82, 2.24) is 4.72 Å². The number of nitrogens with one attached hydrogen (secondary N) is 2. The first kappa shape index (κ1) is 19.6. The van der Waals surface area contributed by atoms with E-state index in [0.717, 1.165) is 26.9 Å². The minimum atomic E-state index is -3.62. The summed E-state index contributed by atoms with van der Waals surface area (Å²) in [6.45, 7) is 5.91. The lowest BCUT2D eigenvalue weighted by molar-refractivity contribution is -0.116. The van der Waals surface area contributed by atoms with Crippen LogP contribution in [0.1, 0.15) is 23.1 Å². The average molecular weight is 425 g/mol. The standard InChI is InChI=1S/C18H21BrN2O3S/c1-12-10-13(2)18(14(3)11-12)21-17(22)8-9-20-25(23,24)16-6-4-15(19)5-7-16/h4-7,10-11,20H,8-9H2,1-3H3,(H,21,22). The Morgan fingerprint density at radius 3 is 2.16 bits per heavy atom. The molecule has 0 fully saturated rings. The quantitative estimate of drug-likeness (QED) is 0.742. The zero-order valence-electron chi connectivity index (χ0n) is 14.4. The van der Waals surface area contributed by atoms with Gasteiger partial charge in [-0.25, -0.2) is 13.1 Å². The molecule has 0 spiro atoms. The van der Waals surface area contributed by atoms with Gasteiger partial charge in [0.15, 0.2) is 0 Å². The molecule has 0 saturated carbocycles. The summed E-state index contributed by atoms with van der Waals surface area (Å²) in [4.78, 5) is 12.3. The molecule has 2 aromatic carbocycles. The Hall–Kier alpha value is -1.70. The molecule has 2 aromatic rings. The second kappa shape index (κ2) is 8.12. The molecule has 25 heavy (non-hydrogen) atoms. The molecule has 0 atom stereocenters. The van der Waals surface area contributed by atoms with E-state index < -0.39 is 10.0 Å². The van der Waals surface area contributed by atoms with Gasteiger partial charge in [-0.1, -0.05) is 33.6 Å². The van der Waals surface area contributed by atoms with Crippen molar-refractivity contribution in [3.05, 3.63) is 57.6 Å². The Morgan fingerprint density at radius 1 is 1.04 bits per heavy atom.